The van der Waals surface area contributed by atoms with E-state index in [0.717, 1.165) is 5.52 Å². The Morgan fingerprint density at radius 1 is 1.00 bits per heavy atom. The van der Waals surface area contributed by atoms with Crippen LogP contribution < -0.4 is 4.74 Å². The zero-order valence-corrected chi connectivity index (χ0v) is 11.8. The molecule has 1 N–H and O–H groups in total. The summed E-state index contributed by atoms with van der Waals surface area (Å²) in [7, 11) is 1.18. The largest absolute Gasteiger partial charge is 0.463 e. The number of H-pyrrole nitrogens is 1. The van der Waals surface area contributed by atoms with Crippen molar-refractivity contribution in [3.63, 3.8) is 0 Å². The summed E-state index contributed by atoms with van der Waals surface area (Å²) in [5.41, 5.74) is 1.01. The maximum atomic E-state index is 12.0. The van der Waals surface area contributed by atoms with Crippen molar-refractivity contribution < 1.29 is 19.1 Å². The average Bonchev–Trinajstić information content (AvgIpc) is 2.97. The molecule has 0 saturated heterocycles. The van der Waals surface area contributed by atoms with E-state index in [2.05, 4.69) is 9.72 Å². The number of methoxy groups -OCH3 is 1. The van der Waals surface area contributed by atoms with Crippen LogP contribution in [-0.4, -0.2) is 23.8 Å². The molecule has 3 aromatic rings. The van der Waals surface area contributed by atoms with Gasteiger partial charge in [-0.1, -0.05) is 18.2 Å². The van der Waals surface area contributed by atoms with E-state index in [9.17, 15) is 9.59 Å². The number of aromatic amines is 1. The van der Waals surface area contributed by atoms with Gasteiger partial charge in [-0.15, -0.1) is 0 Å². The van der Waals surface area contributed by atoms with Crippen molar-refractivity contribution in [2.24, 2.45) is 0 Å². The summed E-state index contributed by atoms with van der Waals surface area (Å²) >= 11 is 0. The molecule has 1 heterocycles. The molecule has 0 unspecified atom stereocenters. The molecule has 0 bridgehead atoms. The van der Waals surface area contributed by atoms with Crippen molar-refractivity contribution in [2.75, 3.05) is 7.11 Å². The fraction of sp³-hybridized carbons (Fsp3) is 0.0588. The zero-order chi connectivity index (χ0) is 15.5. The minimum atomic E-state index is -0.893. The molecule has 110 valence electrons. The molecule has 0 atom stereocenters. The SMILES string of the molecule is COC(=O)C(=O)c1c[nH]c2ccc(Oc3ccccc3)cc12. The van der Waals surface area contributed by atoms with Gasteiger partial charge in [-0.3, -0.25) is 4.79 Å². The lowest BCUT2D eigenvalue weighted by atomic mass is 10.1. The van der Waals surface area contributed by atoms with Crippen LogP contribution in [0.2, 0.25) is 0 Å². The Labute approximate surface area is 126 Å². The highest BCUT2D eigenvalue weighted by Crippen LogP contribution is 2.27. The maximum absolute atomic E-state index is 12.0. The number of aromatic nitrogens is 1. The molecular weight excluding hydrogens is 282 g/mol. The number of esters is 1. The number of rotatable bonds is 4. The van der Waals surface area contributed by atoms with E-state index in [1.165, 1.54) is 13.3 Å². The molecule has 2 aromatic carbocycles. The number of benzene rings is 2. The van der Waals surface area contributed by atoms with E-state index in [1.807, 2.05) is 30.3 Å². The lowest BCUT2D eigenvalue weighted by molar-refractivity contribution is -0.135. The van der Waals surface area contributed by atoms with Crippen molar-refractivity contribution in [1.29, 1.82) is 0 Å². The smallest absolute Gasteiger partial charge is 0.379 e. The molecule has 3 rings (SSSR count). The van der Waals surface area contributed by atoms with Gasteiger partial charge in [0.2, 0.25) is 0 Å². The zero-order valence-electron chi connectivity index (χ0n) is 11.8. The van der Waals surface area contributed by atoms with Gasteiger partial charge in [-0.25, -0.2) is 4.79 Å². The summed E-state index contributed by atoms with van der Waals surface area (Å²) in [4.78, 5) is 26.4. The Hall–Kier alpha value is -3.08. The monoisotopic (exact) mass is 295 g/mol. The van der Waals surface area contributed by atoms with E-state index in [4.69, 9.17) is 4.74 Å². The van der Waals surface area contributed by atoms with Crippen molar-refractivity contribution in [3.05, 3.63) is 60.3 Å². The number of Topliss-reactive ketones (excluding diaryl/α,β-unsaturated/α-hetero) is 1. The molecule has 1 aromatic heterocycles. The fourth-order valence-corrected chi connectivity index (χ4v) is 2.18. The van der Waals surface area contributed by atoms with Crippen LogP contribution in [0.15, 0.2) is 54.7 Å². The summed E-state index contributed by atoms with van der Waals surface area (Å²) in [5, 5.41) is 0.615. The van der Waals surface area contributed by atoms with Crippen LogP contribution >= 0.6 is 0 Å². The molecule has 0 aliphatic rings. The van der Waals surface area contributed by atoms with Crippen LogP contribution in [0.5, 0.6) is 11.5 Å². The summed E-state index contributed by atoms with van der Waals surface area (Å²) in [6.07, 6.45) is 1.50. The number of hydrogen-bond acceptors (Lipinski definition) is 4. The third-order valence-electron chi connectivity index (χ3n) is 3.25. The molecule has 0 amide bonds. The van der Waals surface area contributed by atoms with Gasteiger partial charge in [-0.05, 0) is 30.3 Å². The number of ether oxygens (including phenoxy) is 2. The Morgan fingerprint density at radius 3 is 2.50 bits per heavy atom. The van der Waals surface area contributed by atoms with Gasteiger partial charge in [0.05, 0.1) is 12.7 Å². The third kappa shape index (κ3) is 2.56. The number of fused-ring (bicyclic) bond motifs is 1. The van der Waals surface area contributed by atoms with Crippen molar-refractivity contribution in [2.45, 2.75) is 0 Å². The second kappa shape index (κ2) is 5.73. The van der Waals surface area contributed by atoms with Crippen LogP contribution in [0.3, 0.4) is 0 Å². The standard InChI is InChI=1S/C17H13NO4/c1-21-17(20)16(19)14-10-18-15-8-7-12(9-13(14)15)22-11-5-3-2-4-6-11/h2-10,18H,1H3. The molecule has 5 heteroatoms. The molecule has 0 spiro atoms. The first kappa shape index (κ1) is 13.9. The van der Waals surface area contributed by atoms with Crippen molar-refractivity contribution in [3.8, 4) is 11.5 Å². The number of para-hydroxylation sites is 1. The molecule has 5 nitrogen and oxygen atoms in total. The number of hydrogen-bond donors (Lipinski definition) is 1. The van der Waals surface area contributed by atoms with Crippen molar-refractivity contribution >= 4 is 22.7 Å². The van der Waals surface area contributed by atoms with E-state index in [1.54, 1.807) is 18.2 Å². The molecule has 0 aliphatic carbocycles. The van der Waals surface area contributed by atoms with Crippen molar-refractivity contribution in [1.82, 2.24) is 4.98 Å². The quantitative estimate of drug-likeness (QED) is 0.455. The Morgan fingerprint density at radius 2 is 1.77 bits per heavy atom. The highest BCUT2D eigenvalue weighted by molar-refractivity contribution is 6.42. The highest BCUT2D eigenvalue weighted by Gasteiger charge is 2.20. The van der Waals surface area contributed by atoms with Crippen LogP contribution in [0.25, 0.3) is 10.9 Å². The van der Waals surface area contributed by atoms with Gasteiger partial charge < -0.3 is 14.5 Å². The van der Waals surface area contributed by atoms with Gasteiger partial charge in [-0.2, -0.15) is 0 Å². The predicted octanol–water partition coefficient (Wildman–Crippen LogP) is 3.32. The Kier molecular flexibility index (Phi) is 3.62. The lowest BCUT2D eigenvalue weighted by Crippen LogP contribution is -2.15. The molecule has 0 saturated carbocycles. The fourth-order valence-electron chi connectivity index (χ4n) is 2.18. The first-order valence-electron chi connectivity index (χ1n) is 6.65. The molecule has 0 aliphatic heterocycles. The topological polar surface area (TPSA) is 68.4 Å². The summed E-state index contributed by atoms with van der Waals surface area (Å²) in [5.74, 6) is -0.309. The van der Waals surface area contributed by atoms with Gasteiger partial charge in [0, 0.05) is 17.1 Å². The molecule has 0 fully saturated rings. The van der Waals surface area contributed by atoms with Gasteiger partial charge in [0.1, 0.15) is 11.5 Å². The van der Waals surface area contributed by atoms with Gasteiger partial charge in [0.25, 0.3) is 5.78 Å². The Bertz CT molecular complexity index is 836. The summed E-state index contributed by atoms with van der Waals surface area (Å²) in [6.45, 7) is 0. The number of ketones is 1. The first-order chi connectivity index (χ1) is 10.7. The predicted molar refractivity (Wildman–Crippen MR) is 81.2 cm³/mol. The second-order valence-electron chi connectivity index (χ2n) is 4.65. The highest BCUT2D eigenvalue weighted by atomic mass is 16.5. The van der Waals surface area contributed by atoms with E-state index in [-0.39, 0.29) is 5.56 Å². The van der Waals surface area contributed by atoms with E-state index in [0.29, 0.717) is 16.9 Å². The minimum Gasteiger partial charge on any atom is -0.463 e. The minimum absolute atomic E-state index is 0.264. The summed E-state index contributed by atoms with van der Waals surface area (Å²) < 4.78 is 10.2. The molecule has 22 heavy (non-hydrogen) atoms. The van der Waals surface area contributed by atoms with E-state index >= 15 is 0 Å². The second-order valence-corrected chi connectivity index (χ2v) is 4.65. The molecular formula is C17H13NO4. The first-order valence-corrected chi connectivity index (χ1v) is 6.65. The summed E-state index contributed by atoms with van der Waals surface area (Å²) in [6, 6.07) is 14.6. The van der Waals surface area contributed by atoms with Gasteiger partial charge >= 0.3 is 5.97 Å². The normalized spacial score (nSPS) is 10.4. The van der Waals surface area contributed by atoms with Crippen LogP contribution in [-0.2, 0) is 9.53 Å². The van der Waals surface area contributed by atoms with Crippen LogP contribution in [0, 0.1) is 0 Å². The number of carbonyl (C=O) groups is 2. The number of carbonyl (C=O) groups excluding carboxylic acids is 2. The lowest BCUT2D eigenvalue weighted by Gasteiger charge is -2.05. The Balaban J connectivity index is 1.98. The maximum Gasteiger partial charge on any atom is 0.379 e. The number of nitrogens with one attached hydrogen (secondary N) is 1. The van der Waals surface area contributed by atoms with Crippen LogP contribution in [0.1, 0.15) is 10.4 Å². The van der Waals surface area contributed by atoms with E-state index < -0.39 is 11.8 Å². The van der Waals surface area contributed by atoms with Crippen LogP contribution in [0.4, 0.5) is 0 Å². The third-order valence-corrected chi connectivity index (χ3v) is 3.25. The van der Waals surface area contributed by atoms with Gasteiger partial charge in [0.15, 0.2) is 0 Å². The average molecular weight is 295 g/mol. The molecule has 0 radical (unpaired) electrons.